The van der Waals surface area contributed by atoms with E-state index >= 15 is 0 Å². The van der Waals surface area contributed by atoms with Gasteiger partial charge in [0.05, 0.1) is 5.71 Å². The van der Waals surface area contributed by atoms with Crippen LogP contribution in [-0.2, 0) is 4.79 Å². The number of hydrazone groups is 1. The van der Waals surface area contributed by atoms with E-state index < -0.39 is 6.04 Å². The summed E-state index contributed by atoms with van der Waals surface area (Å²) in [4.78, 5) is 11.3. The Morgan fingerprint density at radius 2 is 2.19 bits per heavy atom. The van der Waals surface area contributed by atoms with Crippen LogP contribution in [0.4, 0.5) is 0 Å². The molecule has 0 bridgehead atoms. The zero-order valence-corrected chi connectivity index (χ0v) is 9.16. The molecule has 0 radical (unpaired) electrons. The average molecular weight is 239 g/mol. The first-order valence-corrected chi connectivity index (χ1v) is 5.17. The van der Waals surface area contributed by atoms with E-state index in [1.165, 1.54) is 0 Å². The van der Waals surface area contributed by atoms with Gasteiger partial charge in [-0.25, -0.2) is 5.84 Å². The van der Waals surface area contributed by atoms with Gasteiger partial charge in [-0.15, -0.1) is 0 Å². The summed E-state index contributed by atoms with van der Waals surface area (Å²) in [5, 5.41) is 4.77. The highest BCUT2D eigenvalue weighted by Crippen LogP contribution is 2.15. The molecule has 0 aliphatic carbocycles. The van der Waals surface area contributed by atoms with Gasteiger partial charge < -0.3 is 0 Å². The van der Waals surface area contributed by atoms with Gasteiger partial charge in [-0.05, 0) is 17.7 Å². The van der Waals surface area contributed by atoms with Crippen LogP contribution in [-0.4, -0.2) is 17.7 Å². The van der Waals surface area contributed by atoms with Crippen LogP contribution >= 0.6 is 11.6 Å². The number of nitrogens with zero attached hydrogens (tertiary/aromatic N) is 1. The zero-order valence-electron chi connectivity index (χ0n) is 8.40. The van der Waals surface area contributed by atoms with Crippen LogP contribution in [0.25, 0.3) is 0 Å². The lowest BCUT2D eigenvalue weighted by Gasteiger charge is -2.06. The second-order valence-corrected chi connectivity index (χ2v) is 3.90. The lowest BCUT2D eigenvalue weighted by atomic mass is 10.0. The Kier molecular flexibility index (Phi) is 3.07. The number of carbonyl (C=O) groups excluding carboxylic acids is 1. The molecule has 1 amide bonds. The minimum atomic E-state index is -0.393. The average Bonchev–Trinajstić information content (AvgIpc) is 2.78. The summed E-state index contributed by atoms with van der Waals surface area (Å²) in [6.45, 7) is 0. The molecule has 0 saturated heterocycles. The highest BCUT2D eigenvalue weighted by atomic mass is 35.5. The first-order valence-electron chi connectivity index (χ1n) is 4.79. The fraction of sp³-hybridized carbons (Fsp3) is 0.200. The van der Waals surface area contributed by atoms with Crippen molar-refractivity contribution in [3.8, 4) is 0 Å². The number of benzene rings is 1. The molecule has 0 spiro atoms. The number of nitrogens with two attached hydrogens (primary N) is 1. The maximum absolute atomic E-state index is 11.3. The van der Waals surface area contributed by atoms with E-state index in [2.05, 4.69) is 16.0 Å². The molecule has 1 heterocycles. The van der Waals surface area contributed by atoms with E-state index in [4.69, 9.17) is 17.4 Å². The van der Waals surface area contributed by atoms with Gasteiger partial charge in [0.2, 0.25) is 0 Å². The summed E-state index contributed by atoms with van der Waals surface area (Å²) in [5.41, 5.74) is 6.60. The number of halogens is 1. The van der Waals surface area contributed by atoms with Crippen molar-refractivity contribution in [2.45, 2.75) is 12.5 Å². The predicted octanol–water partition coefficient (Wildman–Crippen LogP) is 0.396. The third-order valence-electron chi connectivity index (χ3n) is 2.39. The number of hydrogen-bond acceptors (Lipinski definition) is 4. The SMILES string of the molecule is NNC(=O)C1CC(c2ccc(Cl)cc2)=NN1. The largest absolute Gasteiger partial charge is 0.297 e. The van der Waals surface area contributed by atoms with Gasteiger partial charge in [-0.1, -0.05) is 23.7 Å². The van der Waals surface area contributed by atoms with Crippen molar-refractivity contribution < 1.29 is 4.79 Å². The van der Waals surface area contributed by atoms with Gasteiger partial charge in [0.15, 0.2) is 0 Å². The number of carbonyl (C=O) groups is 1. The second-order valence-electron chi connectivity index (χ2n) is 3.46. The Morgan fingerprint density at radius 3 is 2.81 bits per heavy atom. The van der Waals surface area contributed by atoms with Crippen molar-refractivity contribution in [3.05, 3.63) is 34.9 Å². The minimum Gasteiger partial charge on any atom is -0.297 e. The molecule has 0 aromatic heterocycles. The molecule has 4 N–H and O–H groups in total. The van der Waals surface area contributed by atoms with Crippen molar-refractivity contribution in [3.63, 3.8) is 0 Å². The molecule has 0 fully saturated rings. The highest BCUT2D eigenvalue weighted by Gasteiger charge is 2.25. The third kappa shape index (κ3) is 2.15. The summed E-state index contributed by atoms with van der Waals surface area (Å²) < 4.78 is 0. The Labute approximate surface area is 97.6 Å². The Morgan fingerprint density at radius 1 is 1.50 bits per heavy atom. The van der Waals surface area contributed by atoms with Crippen LogP contribution in [0, 0.1) is 0 Å². The summed E-state index contributed by atoms with van der Waals surface area (Å²) in [6.07, 6.45) is 0.519. The first kappa shape index (κ1) is 10.9. The molecule has 1 atom stereocenters. The maximum Gasteiger partial charge on any atom is 0.258 e. The minimum absolute atomic E-state index is 0.271. The molecule has 1 aliphatic heterocycles. The maximum atomic E-state index is 11.3. The van der Waals surface area contributed by atoms with Gasteiger partial charge in [0, 0.05) is 11.4 Å². The number of nitrogens with one attached hydrogen (secondary N) is 2. The van der Waals surface area contributed by atoms with Crippen molar-refractivity contribution >= 4 is 23.2 Å². The number of amides is 1. The first-order chi connectivity index (χ1) is 7.70. The smallest absolute Gasteiger partial charge is 0.258 e. The van der Waals surface area contributed by atoms with Crippen LogP contribution < -0.4 is 16.7 Å². The summed E-state index contributed by atoms with van der Waals surface area (Å²) in [5.74, 6) is 4.78. The molecule has 2 rings (SSSR count). The predicted molar refractivity (Wildman–Crippen MR) is 61.9 cm³/mol. The summed E-state index contributed by atoms with van der Waals surface area (Å²) in [6, 6.07) is 6.92. The van der Waals surface area contributed by atoms with Crippen molar-refractivity contribution in [1.29, 1.82) is 0 Å². The monoisotopic (exact) mass is 238 g/mol. The lowest BCUT2D eigenvalue weighted by molar-refractivity contribution is -0.122. The number of rotatable bonds is 2. The van der Waals surface area contributed by atoms with Gasteiger partial charge in [-0.2, -0.15) is 5.10 Å². The van der Waals surface area contributed by atoms with Crippen molar-refractivity contribution in [1.82, 2.24) is 10.9 Å². The Hall–Kier alpha value is -1.59. The van der Waals surface area contributed by atoms with Crippen LogP contribution in [0.5, 0.6) is 0 Å². The van der Waals surface area contributed by atoms with Gasteiger partial charge >= 0.3 is 0 Å². The van der Waals surface area contributed by atoms with Gasteiger partial charge in [-0.3, -0.25) is 15.6 Å². The molecule has 1 unspecified atom stereocenters. The Balaban J connectivity index is 2.08. The molecule has 5 nitrogen and oxygen atoms in total. The van der Waals surface area contributed by atoms with E-state index in [-0.39, 0.29) is 5.91 Å². The third-order valence-corrected chi connectivity index (χ3v) is 2.64. The fourth-order valence-electron chi connectivity index (χ4n) is 1.52. The zero-order chi connectivity index (χ0) is 11.5. The van der Waals surface area contributed by atoms with Crippen LogP contribution in [0.1, 0.15) is 12.0 Å². The molecule has 0 saturated carbocycles. The molecule has 6 heteroatoms. The van der Waals surface area contributed by atoms with Crippen LogP contribution in [0.3, 0.4) is 0 Å². The number of hydrogen-bond donors (Lipinski definition) is 3. The van der Waals surface area contributed by atoms with E-state index in [1.54, 1.807) is 12.1 Å². The van der Waals surface area contributed by atoms with E-state index in [0.717, 1.165) is 11.3 Å². The molecular weight excluding hydrogens is 228 g/mol. The van der Waals surface area contributed by atoms with Crippen LogP contribution in [0.2, 0.25) is 5.02 Å². The molecule has 16 heavy (non-hydrogen) atoms. The summed E-state index contributed by atoms with van der Waals surface area (Å²) >= 11 is 5.78. The van der Waals surface area contributed by atoms with Crippen LogP contribution in [0.15, 0.2) is 29.4 Å². The van der Waals surface area contributed by atoms with Gasteiger partial charge in [0.25, 0.3) is 5.91 Å². The highest BCUT2D eigenvalue weighted by molar-refractivity contribution is 6.30. The molecule has 1 aromatic rings. The molecular formula is C10H11ClN4O. The van der Waals surface area contributed by atoms with E-state index in [0.29, 0.717) is 11.4 Å². The quantitative estimate of drug-likeness (QED) is 0.396. The summed E-state index contributed by atoms with van der Waals surface area (Å²) in [7, 11) is 0. The van der Waals surface area contributed by atoms with E-state index in [9.17, 15) is 4.79 Å². The molecule has 84 valence electrons. The van der Waals surface area contributed by atoms with E-state index in [1.807, 2.05) is 12.1 Å². The fourth-order valence-corrected chi connectivity index (χ4v) is 1.64. The van der Waals surface area contributed by atoms with Gasteiger partial charge in [0.1, 0.15) is 6.04 Å². The normalized spacial score (nSPS) is 18.9. The standard InChI is InChI=1S/C10H11ClN4O/c11-7-3-1-6(2-4-7)8-5-9(15-14-8)10(16)13-12/h1-4,9,15H,5,12H2,(H,13,16). The molecule has 1 aromatic carbocycles. The van der Waals surface area contributed by atoms with Crippen molar-refractivity contribution in [2.75, 3.05) is 0 Å². The second kappa shape index (κ2) is 4.51. The van der Waals surface area contributed by atoms with Crippen molar-refractivity contribution in [2.24, 2.45) is 10.9 Å². The molecule has 1 aliphatic rings. The topological polar surface area (TPSA) is 79.5 Å². The lowest BCUT2D eigenvalue weighted by Crippen LogP contribution is -2.43. The Bertz CT molecular complexity index is 429. The number of hydrazine groups is 1.